The highest BCUT2D eigenvalue weighted by Crippen LogP contribution is 2.22. The van der Waals surface area contributed by atoms with Crippen LogP contribution in [-0.2, 0) is 0 Å². The average Bonchev–Trinajstić information content (AvgIpc) is 2.96. The molecule has 0 spiro atoms. The van der Waals surface area contributed by atoms with Crippen LogP contribution in [0.4, 0.5) is 5.69 Å². The summed E-state index contributed by atoms with van der Waals surface area (Å²) in [6.45, 7) is 3.67. The molecule has 0 saturated carbocycles. The lowest BCUT2D eigenvalue weighted by Gasteiger charge is -2.07. The van der Waals surface area contributed by atoms with Crippen LogP contribution < -0.4 is 10.7 Å². The van der Waals surface area contributed by atoms with Crippen molar-refractivity contribution in [2.24, 2.45) is 0 Å². The first-order valence-corrected chi connectivity index (χ1v) is 8.84. The fourth-order valence-electron chi connectivity index (χ4n) is 2.84. The molecule has 0 aliphatic rings. The first kappa shape index (κ1) is 17.9. The molecular formula is C20H15ClN4O3. The van der Waals surface area contributed by atoms with E-state index >= 15 is 0 Å². The minimum atomic E-state index is -0.536. The third-order valence-electron chi connectivity index (χ3n) is 4.28. The largest absolute Gasteiger partial charge is 0.451 e. The van der Waals surface area contributed by atoms with Gasteiger partial charge in [-0.2, -0.15) is 5.10 Å². The van der Waals surface area contributed by atoms with Gasteiger partial charge < -0.3 is 9.73 Å². The molecular weight excluding hydrogens is 380 g/mol. The first-order chi connectivity index (χ1) is 13.4. The quantitative estimate of drug-likeness (QED) is 0.569. The summed E-state index contributed by atoms with van der Waals surface area (Å²) in [4.78, 5) is 28.9. The van der Waals surface area contributed by atoms with Gasteiger partial charge in [-0.05, 0) is 38.1 Å². The third kappa shape index (κ3) is 3.16. The number of rotatable bonds is 3. The molecule has 1 amide bonds. The van der Waals surface area contributed by atoms with Crippen LogP contribution >= 0.6 is 11.6 Å². The number of anilines is 1. The van der Waals surface area contributed by atoms with E-state index in [0.29, 0.717) is 33.2 Å². The van der Waals surface area contributed by atoms with Gasteiger partial charge in [0.1, 0.15) is 5.58 Å². The Balaban J connectivity index is 1.58. The minimum Gasteiger partial charge on any atom is -0.451 e. The standard InChI is InChI=1S/C20H15ClN4O3/c1-11-19(21)12(2)25(24-11)18-8-7-13(10-22-18)23-20(27)17-9-15(26)14-5-3-4-6-16(14)28-17/h3-10H,1-2H3,(H,23,27). The first-order valence-electron chi connectivity index (χ1n) is 8.46. The maximum atomic E-state index is 12.5. The molecule has 0 radical (unpaired) electrons. The number of fused-ring (bicyclic) bond motifs is 1. The van der Waals surface area contributed by atoms with E-state index in [-0.39, 0.29) is 11.2 Å². The molecule has 3 heterocycles. The van der Waals surface area contributed by atoms with Gasteiger partial charge in [0.15, 0.2) is 17.0 Å². The number of aromatic nitrogens is 3. The lowest BCUT2D eigenvalue weighted by atomic mass is 10.2. The van der Waals surface area contributed by atoms with Gasteiger partial charge in [-0.25, -0.2) is 9.67 Å². The Morgan fingerprint density at radius 3 is 2.64 bits per heavy atom. The number of carbonyl (C=O) groups excluding carboxylic acids is 1. The molecule has 0 unspecified atom stereocenters. The van der Waals surface area contributed by atoms with Crippen molar-refractivity contribution < 1.29 is 9.21 Å². The smallest absolute Gasteiger partial charge is 0.291 e. The van der Waals surface area contributed by atoms with Gasteiger partial charge in [0.25, 0.3) is 5.91 Å². The summed E-state index contributed by atoms with van der Waals surface area (Å²) in [6.07, 6.45) is 1.50. The highest BCUT2D eigenvalue weighted by atomic mass is 35.5. The number of halogens is 1. The van der Waals surface area contributed by atoms with Crippen molar-refractivity contribution in [2.45, 2.75) is 13.8 Å². The van der Waals surface area contributed by atoms with Crippen LogP contribution in [0.2, 0.25) is 5.02 Å². The lowest BCUT2D eigenvalue weighted by molar-refractivity contribution is 0.0997. The van der Waals surface area contributed by atoms with Crippen LogP contribution in [0.3, 0.4) is 0 Å². The third-order valence-corrected chi connectivity index (χ3v) is 4.83. The number of aryl methyl sites for hydroxylation is 1. The number of hydrogen-bond donors (Lipinski definition) is 1. The zero-order valence-corrected chi connectivity index (χ0v) is 15.8. The number of amides is 1. The van der Waals surface area contributed by atoms with Crippen molar-refractivity contribution in [3.63, 3.8) is 0 Å². The molecule has 140 valence electrons. The molecule has 0 fully saturated rings. The fraction of sp³-hybridized carbons (Fsp3) is 0.100. The number of hydrogen-bond acceptors (Lipinski definition) is 5. The zero-order valence-electron chi connectivity index (χ0n) is 15.1. The Bertz CT molecular complexity index is 1260. The van der Waals surface area contributed by atoms with Gasteiger partial charge in [0.05, 0.1) is 33.7 Å². The summed E-state index contributed by atoms with van der Waals surface area (Å²) in [7, 11) is 0. The average molecular weight is 395 g/mol. The van der Waals surface area contributed by atoms with E-state index in [0.717, 1.165) is 5.69 Å². The molecule has 0 aliphatic carbocycles. The molecule has 0 atom stereocenters. The van der Waals surface area contributed by atoms with Gasteiger partial charge in [-0.15, -0.1) is 0 Å². The van der Waals surface area contributed by atoms with Gasteiger partial charge in [-0.1, -0.05) is 23.7 Å². The van der Waals surface area contributed by atoms with E-state index in [1.165, 1.54) is 12.3 Å². The van der Waals surface area contributed by atoms with Crippen molar-refractivity contribution in [3.05, 3.63) is 81.1 Å². The summed E-state index contributed by atoms with van der Waals surface area (Å²) in [5, 5.41) is 8.03. The van der Waals surface area contributed by atoms with Gasteiger partial charge in [0, 0.05) is 6.07 Å². The van der Waals surface area contributed by atoms with Gasteiger partial charge in [0.2, 0.25) is 0 Å². The zero-order chi connectivity index (χ0) is 19.8. The molecule has 7 nitrogen and oxygen atoms in total. The summed E-state index contributed by atoms with van der Waals surface area (Å²) in [5.41, 5.74) is 2.03. The number of nitrogens with zero attached hydrogens (tertiary/aromatic N) is 3. The maximum Gasteiger partial charge on any atom is 0.291 e. The van der Waals surface area contributed by atoms with Crippen molar-refractivity contribution in [1.82, 2.24) is 14.8 Å². The molecule has 4 aromatic rings. The summed E-state index contributed by atoms with van der Waals surface area (Å²) >= 11 is 6.17. The lowest BCUT2D eigenvalue weighted by Crippen LogP contribution is -2.15. The predicted molar refractivity (Wildman–Crippen MR) is 106 cm³/mol. The Kier molecular flexibility index (Phi) is 4.44. The van der Waals surface area contributed by atoms with Crippen molar-refractivity contribution >= 4 is 34.2 Å². The van der Waals surface area contributed by atoms with E-state index in [4.69, 9.17) is 16.0 Å². The second-order valence-electron chi connectivity index (χ2n) is 6.23. The van der Waals surface area contributed by atoms with Crippen LogP contribution in [0.25, 0.3) is 16.8 Å². The Morgan fingerprint density at radius 2 is 1.96 bits per heavy atom. The van der Waals surface area contributed by atoms with Crippen LogP contribution in [0.1, 0.15) is 21.9 Å². The Morgan fingerprint density at radius 1 is 1.18 bits per heavy atom. The van der Waals surface area contributed by atoms with Crippen molar-refractivity contribution in [3.8, 4) is 5.82 Å². The molecule has 3 aromatic heterocycles. The van der Waals surface area contributed by atoms with E-state index in [1.54, 1.807) is 41.1 Å². The molecule has 28 heavy (non-hydrogen) atoms. The number of carbonyl (C=O) groups is 1. The Labute approximate surface area is 164 Å². The normalized spacial score (nSPS) is 11.0. The van der Waals surface area contributed by atoms with E-state index in [9.17, 15) is 9.59 Å². The van der Waals surface area contributed by atoms with E-state index < -0.39 is 5.91 Å². The number of benzene rings is 1. The number of pyridine rings is 1. The highest BCUT2D eigenvalue weighted by molar-refractivity contribution is 6.31. The van der Waals surface area contributed by atoms with Gasteiger partial charge >= 0.3 is 0 Å². The SMILES string of the molecule is Cc1nn(-c2ccc(NC(=O)c3cc(=O)c4ccccc4o3)cn2)c(C)c1Cl. The van der Waals surface area contributed by atoms with Crippen LogP contribution in [0.5, 0.6) is 0 Å². The molecule has 0 aliphatic heterocycles. The van der Waals surface area contributed by atoms with Crippen LogP contribution in [0, 0.1) is 13.8 Å². The van der Waals surface area contributed by atoms with Gasteiger partial charge in [-0.3, -0.25) is 9.59 Å². The number of para-hydroxylation sites is 1. The summed E-state index contributed by atoms with van der Waals surface area (Å²) in [6, 6.07) is 11.3. The topological polar surface area (TPSA) is 90.0 Å². The molecule has 0 saturated heterocycles. The summed E-state index contributed by atoms with van der Waals surface area (Å²) < 4.78 is 7.17. The van der Waals surface area contributed by atoms with Crippen molar-refractivity contribution in [2.75, 3.05) is 5.32 Å². The predicted octanol–water partition coefficient (Wildman–Crippen LogP) is 3.90. The fourth-order valence-corrected chi connectivity index (χ4v) is 2.96. The summed E-state index contributed by atoms with van der Waals surface area (Å²) in [5.74, 6) is -0.0348. The molecule has 1 N–H and O–H groups in total. The van der Waals surface area contributed by atoms with Crippen LogP contribution in [-0.4, -0.2) is 20.7 Å². The monoisotopic (exact) mass is 394 g/mol. The van der Waals surface area contributed by atoms with Crippen molar-refractivity contribution in [1.29, 1.82) is 0 Å². The second-order valence-corrected chi connectivity index (χ2v) is 6.60. The van der Waals surface area contributed by atoms with E-state index in [2.05, 4.69) is 15.4 Å². The highest BCUT2D eigenvalue weighted by Gasteiger charge is 2.14. The Hall–Kier alpha value is -3.45. The second kappa shape index (κ2) is 6.94. The molecule has 1 aromatic carbocycles. The van der Waals surface area contributed by atoms with E-state index in [1.807, 2.05) is 13.8 Å². The molecule has 4 rings (SSSR count). The maximum absolute atomic E-state index is 12.5. The molecule has 8 heteroatoms. The van der Waals surface area contributed by atoms with Crippen LogP contribution in [0.15, 0.2) is 57.9 Å². The number of nitrogens with one attached hydrogen (secondary N) is 1. The minimum absolute atomic E-state index is 0.0712. The molecule has 0 bridgehead atoms.